The predicted octanol–water partition coefficient (Wildman–Crippen LogP) is 0.0164. The molecule has 1 N–H and O–H groups in total. The van der Waals surface area contributed by atoms with Crippen molar-refractivity contribution >= 4 is 5.97 Å². The summed E-state index contributed by atoms with van der Waals surface area (Å²) < 4.78 is 15.8. The zero-order chi connectivity index (χ0) is 7.28. The van der Waals surface area contributed by atoms with Gasteiger partial charge in [0, 0.05) is 13.0 Å². The van der Waals surface area contributed by atoms with Gasteiger partial charge in [-0.2, -0.15) is 0 Å². The second kappa shape index (κ2) is 3.87. The number of ether oxygens (including phenoxy) is 1. The fourth-order valence-electron chi connectivity index (χ4n) is 0.177. The Kier molecular flexibility index (Phi) is 3.40. The minimum Gasteiger partial charge on any atom is -0.472 e. The molecule has 0 aromatic heterocycles. The van der Waals surface area contributed by atoms with Gasteiger partial charge >= 0.3 is 5.97 Å². The summed E-state index contributed by atoms with van der Waals surface area (Å²) in [4.78, 5) is 9.62. The standard InChI is InChI=1S/C5H5FO3/c1-9-4(6)2-3-5(7)8/h4H,1H3,(H,7,8). The van der Waals surface area contributed by atoms with Crippen LogP contribution in [-0.4, -0.2) is 24.5 Å². The first-order valence-corrected chi connectivity index (χ1v) is 2.08. The lowest BCUT2D eigenvalue weighted by Crippen LogP contribution is -1.99. The topological polar surface area (TPSA) is 46.5 Å². The summed E-state index contributed by atoms with van der Waals surface area (Å²) in [7, 11) is 1.10. The van der Waals surface area contributed by atoms with Gasteiger partial charge in [-0.15, -0.1) is 0 Å². The maximum absolute atomic E-state index is 11.8. The summed E-state index contributed by atoms with van der Waals surface area (Å²) in [5, 5.41) is 7.86. The van der Waals surface area contributed by atoms with E-state index < -0.39 is 12.3 Å². The minimum atomic E-state index is -1.80. The van der Waals surface area contributed by atoms with Gasteiger partial charge in [-0.05, 0) is 5.92 Å². The molecule has 0 aromatic carbocycles. The number of aliphatic carboxylic acids is 1. The highest BCUT2D eigenvalue weighted by molar-refractivity contribution is 5.86. The van der Waals surface area contributed by atoms with E-state index in [0.29, 0.717) is 0 Å². The van der Waals surface area contributed by atoms with Crippen molar-refractivity contribution in [2.45, 2.75) is 6.36 Å². The lowest BCUT2D eigenvalue weighted by Gasteiger charge is -1.90. The van der Waals surface area contributed by atoms with Crippen molar-refractivity contribution in [2.24, 2.45) is 0 Å². The van der Waals surface area contributed by atoms with E-state index in [-0.39, 0.29) is 0 Å². The van der Waals surface area contributed by atoms with E-state index in [4.69, 9.17) is 5.11 Å². The molecule has 9 heavy (non-hydrogen) atoms. The smallest absolute Gasteiger partial charge is 0.382 e. The Labute approximate surface area is 51.4 Å². The van der Waals surface area contributed by atoms with Gasteiger partial charge < -0.3 is 9.84 Å². The maximum atomic E-state index is 11.8. The molecule has 0 fully saturated rings. The fraction of sp³-hybridized carbons (Fsp3) is 0.400. The number of halogens is 1. The van der Waals surface area contributed by atoms with Crippen molar-refractivity contribution in [1.82, 2.24) is 0 Å². The lowest BCUT2D eigenvalue weighted by molar-refractivity contribution is -0.130. The summed E-state index contributed by atoms with van der Waals surface area (Å²) >= 11 is 0. The van der Waals surface area contributed by atoms with Crippen LogP contribution in [0.25, 0.3) is 0 Å². The van der Waals surface area contributed by atoms with Gasteiger partial charge in [0.2, 0.25) is 0 Å². The zero-order valence-electron chi connectivity index (χ0n) is 4.72. The molecule has 0 aliphatic heterocycles. The van der Waals surface area contributed by atoms with Crippen molar-refractivity contribution < 1.29 is 19.0 Å². The molecule has 1 atom stereocenters. The van der Waals surface area contributed by atoms with E-state index in [1.807, 2.05) is 0 Å². The van der Waals surface area contributed by atoms with Gasteiger partial charge in [0.05, 0.1) is 0 Å². The highest BCUT2D eigenvalue weighted by Gasteiger charge is 1.94. The Morgan fingerprint density at radius 2 is 2.44 bits per heavy atom. The third-order valence-electron chi connectivity index (χ3n) is 0.500. The Hall–Kier alpha value is -1.08. The molecule has 0 saturated heterocycles. The van der Waals surface area contributed by atoms with Gasteiger partial charge in [0.1, 0.15) is 0 Å². The molecule has 3 nitrogen and oxygen atoms in total. The molecule has 0 heterocycles. The van der Waals surface area contributed by atoms with Crippen LogP contribution in [0.5, 0.6) is 0 Å². The van der Waals surface area contributed by atoms with Crippen LogP contribution in [0.3, 0.4) is 0 Å². The Morgan fingerprint density at radius 3 is 2.78 bits per heavy atom. The molecule has 0 aliphatic carbocycles. The van der Waals surface area contributed by atoms with Crippen LogP contribution in [-0.2, 0) is 9.53 Å². The first-order valence-electron chi connectivity index (χ1n) is 2.08. The van der Waals surface area contributed by atoms with Crippen molar-refractivity contribution in [2.75, 3.05) is 7.11 Å². The molecule has 1 unspecified atom stereocenters. The molecule has 50 valence electrons. The lowest BCUT2D eigenvalue weighted by atomic mass is 10.6. The number of hydrogen-bond acceptors (Lipinski definition) is 2. The first kappa shape index (κ1) is 7.92. The Morgan fingerprint density at radius 1 is 1.89 bits per heavy atom. The SMILES string of the molecule is COC(F)C#CC(=O)O. The summed E-state index contributed by atoms with van der Waals surface area (Å²) in [5.74, 6) is 1.89. The van der Waals surface area contributed by atoms with Crippen LogP contribution >= 0.6 is 0 Å². The van der Waals surface area contributed by atoms with Crippen LogP contribution in [0.2, 0.25) is 0 Å². The molecule has 0 rings (SSSR count). The molecule has 0 bridgehead atoms. The van der Waals surface area contributed by atoms with Crippen molar-refractivity contribution in [3.05, 3.63) is 0 Å². The van der Waals surface area contributed by atoms with Gasteiger partial charge in [0.15, 0.2) is 0 Å². The van der Waals surface area contributed by atoms with Gasteiger partial charge in [-0.3, -0.25) is 0 Å². The summed E-state index contributed by atoms with van der Waals surface area (Å²) in [5.41, 5.74) is 0. The monoisotopic (exact) mass is 132 g/mol. The average Bonchev–Trinajstić information content (AvgIpc) is 1.83. The number of carboxylic acids is 1. The van der Waals surface area contributed by atoms with Crippen LogP contribution in [0.4, 0.5) is 4.39 Å². The number of methoxy groups -OCH3 is 1. The predicted molar refractivity (Wildman–Crippen MR) is 27.3 cm³/mol. The third kappa shape index (κ3) is 4.78. The third-order valence-corrected chi connectivity index (χ3v) is 0.500. The maximum Gasteiger partial charge on any atom is 0.382 e. The number of carboxylic acid groups (broad SMARTS) is 1. The minimum absolute atomic E-state index is 1.10. The molecule has 0 aliphatic rings. The van der Waals surface area contributed by atoms with E-state index in [0.717, 1.165) is 7.11 Å². The average molecular weight is 132 g/mol. The highest BCUT2D eigenvalue weighted by atomic mass is 19.1. The first-order chi connectivity index (χ1) is 4.16. The van der Waals surface area contributed by atoms with Gasteiger partial charge in [-0.1, -0.05) is 0 Å². The number of rotatable bonds is 1. The van der Waals surface area contributed by atoms with Gasteiger partial charge in [0.25, 0.3) is 6.36 Å². The van der Waals surface area contributed by atoms with E-state index in [9.17, 15) is 9.18 Å². The largest absolute Gasteiger partial charge is 0.472 e. The van der Waals surface area contributed by atoms with Crippen molar-refractivity contribution in [3.63, 3.8) is 0 Å². The highest BCUT2D eigenvalue weighted by Crippen LogP contribution is 1.85. The van der Waals surface area contributed by atoms with Crippen molar-refractivity contribution in [3.8, 4) is 11.8 Å². The van der Waals surface area contributed by atoms with E-state index in [2.05, 4.69) is 4.74 Å². The molecule has 4 heteroatoms. The molecule has 0 saturated carbocycles. The fourth-order valence-corrected chi connectivity index (χ4v) is 0.177. The molecule has 0 amide bonds. The second-order valence-corrected chi connectivity index (χ2v) is 1.13. The summed E-state index contributed by atoms with van der Waals surface area (Å²) in [6, 6.07) is 0. The second-order valence-electron chi connectivity index (χ2n) is 1.13. The van der Waals surface area contributed by atoms with Crippen molar-refractivity contribution in [1.29, 1.82) is 0 Å². The molecular weight excluding hydrogens is 127 g/mol. The quantitative estimate of drug-likeness (QED) is 0.511. The van der Waals surface area contributed by atoms with E-state index in [1.54, 1.807) is 11.8 Å². The normalized spacial score (nSPS) is 11.3. The Balaban J connectivity index is 3.72. The number of carbonyl (C=O) groups is 1. The summed E-state index contributed by atoms with van der Waals surface area (Å²) in [6.07, 6.45) is -1.80. The molecule has 0 spiro atoms. The Bertz CT molecular complexity index is 155. The zero-order valence-corrected chi connectivity index (χ0v) is 4.72. The van der Waals surface area contributed by atoms with Gasteiger partial charge in [-0.25, -0.2) is 9.18 Å². The number of alkyl halides is 1. The van der Waals surface area contributed by atoms with E-state index in [1.165, 1.54) is 0 Å². The van der Waals surface area contributed by atoms with E-state index >= 15 is 0 Å². The van der Waals surface area contributed by atoms with Crippen LogP contribution < -0.4 is 0 Å². The van der Waals surface area contributed by atoms with Crippen LogP contribution in [0, 0.1) is 11.8 Å². The molecule has 0 aromatic rings. The number of hydrogen-bond donors (Lipinski definition) is 1. The molecule has 0 radical (unpaired) electrons. The van der Waals surface area contributed by atoms with Crippen LogP contribution in [0.1, 0.15) is 0 Å². The molecular formula is C5H5FO3. The summed E-state index contributed by atoms with van der Waals surface area (Å²) in [6.45, 7) is 0. The van der Waals surface area contributed by atoms with Crippen LogP contribution in [0.15, 0.2) is 0 Å².